The van der Waals surface area contributed by atoms with Crippen LogP contribution >= 0.6 is 0 Å². The Morgan fingerprint density at radius 1 is 1.05 bits per heavy atom. The van der Waals surface area contributed by atoms with Crippen LogP contribution in [-0.4, -0.2) is 6.61 Å². The number of rotatable bonds is 0. The third kappa shape index (κ3) is 1.65. The van der Waals surface area contributed by atoms with E-state index < -0.39 is 0 Å². The first-order valence-electron chi connectivity index (χ1n) is 6.58. The Balaban J connectivity index is 1.79. The Morgan fingerprint density at radius 2 is 1.95 bits per heavy atom. The molecule has 0 aromatic heterocycles. The molecule has 0 spiro atoms. The highest BCUT2D eigenvalue weighted by molar-refractivity contribution is 5.51. The maximum absolute atomic E-state index is 6.18. The molecule has 2 heterocycles. The molecule has 2 aliphatic heterocycles. The molecule has 3 nitrogen and oxygen atoms in total. The average Bonchev–Trinajstić information content (AvgIpc) is 2.45. The van der Waals surface area contributed by atoms with Crippen LogP contribution in [0.5, 0.6) is 11.5 Å². The third-order valence-corrected chi connectivity index (χ3v) is 3.93. The molecule has 2 N–H and O–H groups in total. The number of nitrogen functional groups attached to an aromatic ring is 1. The molecule has 0 radical (unpaired) electrons. The molecule has 2 aliphatic rings. The van der Waals surface area contributed by atoms with Crippen molar-refractivity contribution in [1.29, 1.82) is 0 Å². The number of hydrogen-bond acceptors (Lipinski definition) is 3. The molecule has 2 aromatic carbocycles. The highest BCUT2D eigenvalue weighted by Crippen LogP contribution is 2.44. The summed E-state index contributed by atoms with van der Waals surface area (Å²) < 4.78 is 12.0. The van der Waals surface area contributed by atoms with E-state index in [9.17, 15) is 0 Å². The van der Waals surface area contributed by atoms with Crippen LogP contribution < -0.4 is 15.2 Å². The van der Waals surface area contributed by atoms with Crippen LogP contribution in [0.1, 0.15) is 17.2 Å². The molecule has 0 saturated heterocycles. The van der Waals surface area contributed by atoms with Gasteiger partial charge in [-0.2, -0.15) is 0 Å². The number of nitrogens with two attached hydrogens (primary N) is 1. The van der Waals surface area contributed by atoms with Crippen molar-refractivity contribution in [3.8, 4) is 11.5 Å². The lowest BCUT2D eigenvalue weighted by Gasteiger charge is -2.38. The minimum atomic E-state index is 0.0575. The predicted molar refractivity (Wildman–Crippen MR) is 73.4 cm³/mol. The fraction of sp³-hybridized carbons (Fsp3) is 0.250. The molecule has 0 saturated carbocycles. The zero-order chi connectivity index (χ0) is 12.8. The second-order valence-electron chi connectivity index (χ2n) is 5.22. The first-order valence-corrected chi connectivity index (χ1v) is 6.58. The standard InChI is InChI=1S/C16H15NO2/c17-12-5-6-15-13(8-12)16-11(9-18-15)7-10-3-1-2-4-14(10)19-16/h1-6,8,11,16H,7,9,17H2/t11-,16+/m1/s1. The fourth-order valence-corrected chi connectivity index (χ4v) is 2.99. The summed E-state index contributed by atoms with van der Waals surface area (Å²) in [5.74, 6) is 2.25. The van der Waals surface area contributed by atoms with Gasteiger partial charge in [-0.05, 0) is 36.2 Å². The highest BCUT2D eigenvalue weighted by atomic mass is 16.5. The van der Waals surface area contributed by atoms with E-state index in [1.807, 2.05) is 30.3 Å². The minimum Gasteiger partial charge on any atom is -0.493 e. The molecule has 19 heavy (non-hydrogen) atoms. The van der Waals surface area contributed by atoms with Crippen LogP contribution in [0.4, 0.5) is 5.69 Å². The summed E-state index contributed by atoms with van der Waals surface area (Å²) in [5, 5.41) is 0. The second-order valence-corrected chi connectivity index (χ2v) is 5.22. The van der Waals surface area contributed by atoms with Gasteiger partial charge in [-0.3, -0.25) is 0 Å². The predicted octanol–water partition coefficient (Wildman–Crippen LogP) is 2.95. The van der Waals surface area contributed by atoms with E-state index in [1.54, 1.807) is 0 Å². The first kappa shape index (κ1) is 10.7. The molecule has 0 bridgehead atoms. The molecule has 4 rings (SSSR count). The van der Waals surface area contributed by atoms with E-state index in [2.05, 4.69) is 12.1 Å². The average molecular weight is 253 g/mol. The van der Waals surface area contributed by atoms with Crippen LogP contribution in [0, 0.1) is 5.92 Å². The van der Waals surface area contributed by atoms with Crippen molar-refractivity contribution >= 4 is 5.69 Å². The van der Waals surface area contributed by atoms with Crippen LogP contribution in [0.2, 0.25) is 0 Å². The quantitative estimate of drug-likeness (QED) is 0.734. The summed E-state index contributed by atoms with van der Waals surface area (Å²) in [6.45, 7) is 0.704. The maximum Gasteiger partial charge on any atom is 0.134 e. The van der Waals surface area contributed by atoms with Gasteiger partial charge in [0.2, 0.25) is 0 Å². The molecule has 0 aliphatic carbocycles. The normalized spacial score (nSPS) is 23.4. The lowest BCUT2D eigenvalue weighted by atomic mass is 9.85. The van der Waals surface area contributed by atoms with Gasteiger partial charge in [-0.15, -0.1) is 0 Å². The molecule has 0 unspecified atom stereocenters. The minimum absolute atomic E-state index is 0.0575. The zero-order valence-electron chi connectivity index (χ0n) is 10.5. The Morgan fingerprint density at radius 3 is 2.89 bits per heavy atom. The van der Waals surface area contributed by atoms with Crippen molar-refractivity contribution in [2.75, 3.05) is 12.3 Å². The topological polar surface area (TPSA) is 44.5 Å². The van der Waals surface area contributed by atoms with Crippen molar-refractivity contribution in [2.45, 2.75) is 12.5 Å². The first-order chi connectivity index (χ1) is 9.31. The van der Waals surface area contributed by atoms with Gasteiger partial charge in [0.1, 0.15) is 17.6 Å². The molecular weight excluding hydrogens is 238 g/mol. The second kappa shape index (κ2) is 3.92. The Hall–Kier alpha value is -2.16. The van der Waals surface area contributed by atoms with Crippen LogP contribution in [0.15, 0.2) is 42.5 Å². The van der Waals surface area contributed by atoms with E-state index in [1.165, 1.54) is 5.56 Å². The summed E-state index contributed by atoms with van der Waals surface area (Å²) in [4.78, 5) is 0. The van der Waals surface area contributed by atoms with Gasteiger partial charge in [-0.1, -0.05) is 18.2 Å². The molecular formula is C16H15NO2. The van der Waals surface area contributed by atoms with Crippen molar-refractivity contribution in [2.24, 2.45) is 5.92 Å². The lowest BCUT2D eigenvalue weighted by Crippen LogP contribution is -2.34. The number of fused-ring (bicyclic) bond motifs is 4. The third-order valence-electron chi connectivity index (χ3n) is 3.93. The Kier molecular flexibility index (Phi) is 2.21. The summed E-state index contributed by atoms with van der Waals surface area (Å²) in [7, 11) is 0. The van der Waals surface area contributed by atoms with Gasteiger partial charge in [0.25, 0.3) is 0 Å². The van der Waals surface area contributed by atoms with Crippen LogP contribution in [0.3, 0.4) is 0 Å². The molecule has 2 aromatic rings. The molecule has 96 valence electrons. The number of anilines is 1. The monoisotopic (exact) mass is 253 g/mol. The van der Waals surface area contributed by atoms with Crippen molar-refractivity contribution in [1.82, 2.24) is 0 Å². The van der Waals surface area contributed by atoms with Crippen LogP contribution in [0.25, 0.3) is 0 Å². The SMILES string of the molecule is Nc1ccc2c(c1)[C@H]1Oc3ccccc3C[C@@H]1CO2. The number of hydrogen-bond donors (Lipinski definition) is 1. The summed E-state index contributed by atoms with van der Waals surface area (Å²) in [6.07, 6.45) is 1.05. The smallest absolute Gasteiger partial charge is 0.134 e. The van der Waals surface area contributed by atoms with Gasteiger partial charge < -0.3 is 15.2 Å². The summed E-state index contributed by atoms with van der Waals surface area (Å²) in [5.41, 5.74) is 8.98. The Bertz CT molecular complexity index is 638. The largest absolute Gasteiger partial charge is 0.493 e. The zero-order valence-corrected chi connectivity index (χ0v) is 10.5. The van der Waals surface area contributed by atoms with Crippen molar-refractivity contribution in [3.63, 3.8) is 0 Å². The molecule has 3 heteroatoms. The van der Waals surface area contributed by atoms with Gasteiger partial charge in [0, 0.05) is 17.2 Å². The van der Waals surface area contributed by atoms with Crippen molar-refractivity contribution in [3.05, 3.63) is 53.6 Å². The number of para-hydroxylation sites is 1. The van der Waals surface area contributed by atoms with Gasteiger partial charge in [-0.25, -0.2) is 0 Å². The molecule has 2 atom stereocenters. The van der Waals surface area contributed by atoms with Gasteiger partial charge in [0.15, 0.2) is 0 Å². The van der Waals surface area contributed by atoms with E-state index >= 15 is 0 Å². The van der Waals surface area contributed by atoms with E-state index in [0.29, 0.717) is 12.5 Å². The summed E-state index contributed by atoms with van der Waals surface area (Å²) in [6, 6.07) is 14.0. The van der Waals surface area contributed by atoms with Gasteiger partial charge >= 0.3 is 0 Å². The molecule has 0 fully saturated rings. The summed E-state index contributed by atoms with van der Waals surface area (Å²) >= 11 is 0. The number of benzene rings is 2. The highest BCUT2D eigenvalue weighted by Gasteiger charge is 2.36. The lowest BCUT2D eigenvalue weighted by molar-refractivity contribution is 0.0544. The van der Waals surface area contributed by atoms with E-state index in [0.717, 1.165) is 29.2 Å². The molecule has 0 amide bonds. The Labute approximate surface area is 112 Å². The van der Waals surface area contributed by atoms with E-state index in [-0.39, 0.29) is 6.10 Å². The van der Waals surface area contributed by atoms with Crippen LogP contribution in [-0.2, 0) is 6.42 Å². The van der Waals surface area contributed by atoms with E-state index in [4.69, 9.17) is 15.2 Å². The maximum atomic E-state index is 6.18. The van der Waals surface area contributed by atoms with Gasteiger partial charge in [0.05, 0.1) is 6.61 Å². The number of ether oxygens (including phenoxy) is 2. The fourth-order valence-electron chi connectivity index (χ4n) is 2.99. The van der Waals surface area contributed by atoms with Crippen molar-refractivity contribution < 1.29 is 9.47 Å².